The van der Waals surface area contributed by atoms with Gasteiger partial charge in [-0.05, 0) is 30.7 Å². The lowest BCUT2D eigenvalue weighted by atomic mass is 10.0. The lowest BCUT2D eigenvalue weighted by Gasteiger charge is -2.16. The van der Waals surface area contributed by atoms with Crippen molar-refractivity contribution in [1.29, 1.82) is 0 Å². The zero-order valence-corrected chi connectivity index (χ0v) is 19.2. The SMILES string of the molecule is Cc1cc(-c2ccnn2C)c2cccc(OCc3c(Cl)cncc3CC(=O)N(C)C)c2n1. The Hall–Kier alpha value is -3.45. The van der Waals surface area contributed by atoms with Crippen molar-refractivity contribution < 1.29 is 9.53 Å². The molecule has 0 saturated carbocycles. The molecule has 0 saturated heterocycles. The standard InChI is InChI=1S/C24H24ClN5O2/c1-15-10-18(21-8-9-27-30(21)4)17-6-5-7-22(24(17)28-15)32-14-19-16(11-23(31)29(2)3)12-26-13-20(19)25/h5-10,12-13H,11,14H2,1-4H3. The highest BCUT2D eigenvalue weighted by Gasteiger charge is 2.16. The number of benzene rings is 1. The number of aryl methyl sites for hydroxylation is 2. The molecule has 1 amide bonds. The third-order valence-electron chi connectivity index (χ3n) is 5.33. The van der Waals surface area contributed by atoms with Gasteiger partial charge in [-0.1, -0.05) is 23.7 Å². The largest absolute Gasteiger partial charge is 0.487 e. The van der Waals surface area contributed by atoms with Gasteiger partial charge in [-0.25, -0.2) is 4.98 Å². The fraction of sp³-hybridized carbons (Fsp3) is 0.250. The molecule has 4 aromatic rings. The molecule has 3 aromatic heterocycles. The van der Waals surface area contributed by atoms with Gasteiger partial charge in [0.05, 0.1) is 17.1 Å². The third kappa shape index (κ3) is 4.29. The van der Waals surface area contributed by atoms with Crippen LogP contribution in [0.15, 0.2) is 48.9 Å². The summed E-state index contributed by atoms with van der Waals surface area (Å²) in [6, 6.07) is 9.89. The number of halogens is 1. The Morgan fingerprint density at radius 3 is 2.75 bits per heavy atom. The minimum Gasteiger partial charge on any atom is -0.487 e. The number of likely N-dealkylation sites (N-methyl/N-ethyl adjacent to an activating group) is 1. The smallest absolute Gasteiger partial charge is 0.226 e. The van der Waals surface area contributed by atoms with E-state index in [1.807, 2.05) is 49.0 Å². The Balaban J connectivity index is 1.71. The first-order valence-corrected chi connectivity index (χ1v) is 10.6. The zero-order valence-electron chi connectivity index (χ0n) is 18.5. The second-order valence-electron chi connectivity index (χ2n) is 7.82. The molecule has 0 atom stereocenters. The molecule has 1 aromatic carbocycles. The highest BCUT2D eigenvalue weighted by Crippen LogP contribution is 2.33. The minimum absolute atomic E-state index is 0.0291. The quantitative estimate of drug-likeness (QED) is 0.441. The van der Waals surface area contributed by atoms with Gasteiger partial charge in [0.15, 0.2) is 0 Å². The van der Waals surface area contributed by atoms with E-state index in [0.29, 0.717) is 10.8 Å². The van der Waals surface area contributed by atoms with E-state index in [1.54, 1.807) is 37.6 Å². The van der Waals surface area contributed by atoms with Crippen LogP contribution in [0, 0.1) is 6.92 Å². The first kappa shape index (κ1) is 21.8. The summed E-state index contributed by atoms with van der Waals surface area (Å²) >= 11 is 6.42. The summed E-state index contributed by atoms with van der Waals surface area (Å²) in [6.45, 7) is 2.16. The van der Waals surface area contributed by atoms with Crippen molar-refractivity contribution in [3.05, 3.63) is 70.8 Å². The van der Waals surface area contributed by atoms with Crippen LogP contribution in [-0.2, 0) is 24.9 Å². The summed E-state index contributed by atoms with van der Waals surface area (Å²) in [5.74, 6) is 0.617. The van der Waals surface area contributed by atoms with Gasteiger partial charge in [0.2, 0.25) is 5.91 Å². The Bertz CT molecular complexity index is 1300. The topological polar surface area (TPSA) is 73.1 Å². The van der Waals surface area contributed by atoms with E-state index in [2.05, 4.69) is 10.1 Å². The number of hydrogen-bond acceptors (Lipinski definition) is 5. The maximum Gasteiger partial charge on any atom is 0.226 e. The van der Waals surface area contributed by atoms with Gasteiger partial charge in [-0.2, -0.15) is 5.10 Å². The normalized spacial score (nSPS) is 11.0. The van der Waals surface area contributed by atoms with Crippen LogP contribution in [0.3, 0.4) is 0 Å². The van der Waals surface area contributed by atoms with Crippen LogP contribution in [0.25, 0.3) is 22.2 Å². The molecule has 0 aliphatic rings. The molecule has 0 fully saturated rings. The van der Waals surface area contributed by atoms with Crippen molar-refractivity contribution in [3.63, 3.8) is 0 Å². The molecule has 0 aliphatic heterocycles. The van der Waals surface area contributed by atoms with Crippen molar-refractivity contribution in [2.45, 2.75) is 20.0 Å². The van der Waals surface area contributed by atoms with Crippen molar-refractivity contribution in [2.75, 3.05) is 14.1 Å². The Labute approximate surface area is 191 Å². The molecule has 0 bridgehead atoms. The summed E-state index contributed by atoms with van der Waals surface area (Å²) in [5.41, 5.74) is 5.17. The van der Waals surface area contributed by atoms with Crippen LogP contribution in [0.5, 0.6) is 5.75 Å². The Morgan fingerprint density at radius 1 is 1.22 bits per heavy atom. The molecule has 8 heteroatoms. The molecule has 164 valence electrons. The molecule has 3 heterocycles. The minimum atomic E-state index is -0.0291. The summed E-state index contributed by atoms with van der Waals surface area (Å²) in [4.78, 5) is 22.7. The monoisotopic (exact) mass is 449 g/mol. The number of ether oxygens (including phenoxy) is 1. The fourth-order valence-corrected chi connectivity index (χ4v) is 3.84. The van der Waals surface area contributed by atoms with Gasteiger partial charge < -0.3 is 9.64 Å². The van der Waals surface area contributed by atoms with E-state index in [9.17, 15) is 4.79 Å². The van der Waals surface area contributed by atoms with Crippen LogP contribution in [0.4, 0.5) is 0 Å². The molecule has 0 unspecified atom stereocenters. The van der Waals surface area contributed by atoms with E-state index in [-0.39, 0.29) is 18.9 Å². The van der Waals surface area contributed by atoms with Crippen LogP contribution < -0.4 is 4.74 Å². The molecule has 0 aliphatic carbocycles. The number of carbonyl (C=O) groups excluding carboxylic acids is 1. The number of rotatable bonds is 6. The molecular formula is C24H24ClN5O2. The van der Waals surface area contributed by atoms with Crippen molar-refractivity contribution in [3.8, 4) is 17.0 Å². The molecule has 0 radical (unpaired) electrons. The lowest BCUT2D eigenvalue weighted by Crippen LogP contribution is -2.24. The van der Waals surface area contributed by atoms with Gasteiger partial charge >= 0.3 is 0 Å². The highest BCUT2D eigenvalue weighted by molar-refractivity contribution is 6.31. The molecule has 0 N–H and O–H groups in total. The maximum atomic E-state index is 12.2. The van der Waals surface area contributed by atoms with Crippen LogP contribution in [0.2, 0.25) is 5.02 Å². The number of fused-ring (bicyclic) bond motifs is 1. The number of nitrogens with zero attached hydrogens (tertiary/aromatic N) is 5. The van der Waals surface area contributed by atoms with Crippen molar-refractivity contribution in [1.82, 2.24) is 24.6 Å². The molecule has 32 heavy (non-hydrogen) atoms. The predicted octanol–water partition coefficient (Wildman–Crippen LogP) is 4.20. The van der Waals surface area contributed by atoms with Crippen LogP contribution in [-0.4, -0.2) is 44.7 Å². The second kappa shape index (κ2) is 8.96. The number of amides is 1. The zero-order chi connectivity index (χ0) is 22.8. The third-order valence-corrected chi connectivity index (χ3v) is 5.66. The van der Waals surface area contributed by atoms with Crippen molar-refractivity contribution in [2.24, 2.45) is 7.05 Å². The Morgan fingerprint density at radius 2 is 2.03 bits per heavy atom. The maximum absolute atomic E-state index is 12.2. The molecule has 7 nitrogen and oxygen atoms in total. The van der Waals surface area contributed by atoms with E-state index in [0.717, 1.165) is 39.0 Å². The number of pyridine rings is 2. The summed E-state index contributed by atoms with van der Waals surface area (Å²) in [7, 11) is 5.36. The van der Waals surface area contributed by atoms with Gasteiger partial charge in [0.1, 0.15) is 17.9 Å². The van der Waals surface area contributed by atoms with Gasteiger partial charge in [0, 0.05) is 61.9 Å². The van der Waals surface area contributed by atoms with Gasteiger partial charge in [0.25, 0.3) is 0 Å². The first-order chi connectivity index (χ1) is 15.3. The Kier molecular flexibility index (Phi) is 6.10. The molecule has 0 spiro atoms. The van der Waals surface area contributed by atoms with Gasteiger partial charge in [-0.3, -0.25) is 14.5 Å². The van der Waals surface area contributed by atoms with E-state index in [4.69, 9.17) is 21.3 Å². The summed E-state index contributed by atoms with van der Waals surface area (Å²) in [6.07, 6.45) is 5.21. The number of carbonyl (C=O) groups is 1. The van der Waals surface area contributed by atoms with Crippen molar-refractivity contribution >= 4 is 28.4 Å². The lowest BCUT2D eigenvalue weighted by molar-refractivity contribution is -0.127. The predicted molar refractivity (Wildman–Crippen MR) is 125 cm³/mol. The first-order valence-electron chi connectivity index (χ1n) is 10.2. The van der Waals surface area contributed by atoms with Gasteiger partial charge in [-0.15, -0.1) is 0 Å². The number of hydrogen-bond donors (Lipinski definition) is 0. The summed E-state index contributed by atoms with van der Waals surface area (Å²) < 4.78 is 8.04. The van der Waals surface area contributed by atoms with Crippen LogP contribution in [0.1, 0.15) is 16.8 Å². The average molecular weight is 450 g/mol. The fourth-order valence-electron chi connectivity index (χ4n) is 3.60. The number of aromatic nitrogens is 4. The summed E-state index contributed by atoms with van der Waals surface area (Å²) in [5, 5.41) is 5.74. The average Bonchev–Trinajstić information content (AvgIpc) is 3.18. The van der Waals surface area contributed by atoms with Crippen LogP contribution >= 0.6 is 11.6 Å². The van der Waals surface area contributed by atoms with E-state index < -0.39 is 0 Å². The number of para-hydroxylation sites is 1. The van der Waals surface area contributed by atoms with E-state index >= 15 is 0 Å². The second-order valence-corrected chi connectivity index (χ2v) is 8.22. The highest BCUT2D eigenvalue weighted by atomic mass is 35.5. The molecule has 4 rings (SSSR count). The van der Waals surface area contributed by atoms with E-state index in [1.165, 1.54) is 0 Å². The molecular weight excluding hydrogens is 426 g/mol.